The van der Waals surface area contributed by atoms with Gasteiger partial charge < -0.3 is 4.74 Å². The van der Waals surface area contributed by atoms with Crippen LogP contribution in [-0.2, 0) is 9.53 Å². The van der Waals surface area contributed by atoms with Gasteiger partial charge in [-0.1, -0.05) is 45.4 Å². The average Bonchev–Trinajstić information content (AvgIpc) is 2.19. The minimum absolute atomic E-state index is 0.261. The van der Waals surface area contributed by atoms with Gasteiger partial charge in [0.1, 0.15) is 5.57 Å². The molecule has 0 aliphatic carbocycles. The first-order valence-corrected chi connectivity index (χ1v) is 12.7. The number of unbranched alkanes of at least 4 members (excludes halogenated alkanes) is 4. The minimum Gasteiger partial charge on any atom is -0.462 e. The lowest BCUT2D eigenvalue weighted by molar-refractivity contribution is -0.139. The number of hydrogen-bond donors (Lipinski definition) is 0. The van der Waals surface area contributed by atoms with Gasteiger partial charge in [-0.2, -0.15) is 0 Å². The zero-order chi connectivity index (χ0) is 13.3. The van der Waals surface area contributed by atoms with Crippen LogP contribution in [0, 0.1) is 0 Å². The highest BCUT2D eigenvalue weighted by atomic mass is 127. The maximum Gasteiger partial charge on any atom is 0.333 e. The van der Waals surface area contributed by atoms with Gasteiger partial charge in [-0.05, 0) is 19.4 Å². The summed E-state index contributed by atoms with van der Waals surface area (Å²) in [5.41, 5.74) is -0.384. The van der Waals surface area contributed by atoms with Gasteiger partial charge in [0, 0.05) is 5.57 Å². The van der Waals surface area contributed by atoms with Gasteiger partial charge in [-0.3, -0.25) is 0 Å². The maximum atomic E-state index is 11.1. The van der Waals surface area contributed by atoms with Gasteiger partial charge in [0.05, 0.1) is 6.61 Å². The number of ether oxygens (including phenoxy) is 1. The molecule has 0 aromatic carbocycles. The Morgan fingerprint density at radius 2 is 1.71 bits per heavy atom. The van der Waals surface area contributed by atoms with Crippen molar-refractivity contribution in [3.8, 4) is 0 Å². The molecule has 0 radical (unpaired) electrons. The third kappa shape index (κ3) is 12.4. The molecule has 0 aromatic rings. The van der Waals surface area contributed by atoms with E-state index < -0.39 is 5.57 Å². The molecule has 0 aliphatic rings. The zero-order valence-electron chi connectivity index (χ0n) is 11.4. The molecule has 0 heterocycles. The standard InChI is InChI=1S/C13H25IO2Si/c1-12(2)13(15)16-10-8-6-5-7-9-11-17(3,4)14/h1,5-11H2,2-4H3. The summed E-state index contributed by atoms with van der Waals surface area (Å²) in [7, 11) is 0. The molecule has 0 N–H and O–H groups in total. The number of esters is 1. The molecular weight excluding hydrogens is 343 g/mol. The van der Waals surface area contributed by atoms with Gasteiger partial charge in [0.2, 0.25) is 0 Å². The Kier molecular flexibility index (Phi) is 9.22. The highest BCUT2D eigenvalue weighted by molar-refractivity contribution is 14.1. The van der Waals surface area contributed by atoms with Crippen LogP contribution in [0.1, 0.15) is 39.0 Å². The molecule has 0 aromatic heterocycles. The van der Waals surface area contributed by atoms with Crippen molar-refractivity contribution in [3.63, 3.8) is 0 Å². The first-order chi connectivity index (χ1) is 7.83. The van der Waals surface area contributed by atoms with Crippen LogP contribution in [0.25, 0.3) is 0 Å². The van der Waals surface area contributed by atoms with Gasteiger partial charge in [-0.15, -0.1) is 21.8 Å². The second-order valence-corrected chi connectivity index (χ2v) is 17.9. The lowest BCUT2D eigenvalue weighted by Crippen LogP contribution is -2.13. The van der Waals surface area contributed by atoms with Crippen molar-refractivity contribution in [2.45, 2.75) is 58.2 Å². The van der Waals surface area contributed by atoms with Crippen molar-refractivity contribution in [1.82, 2.24) is 0 Å². The van der Waals surface area contributed by atoms with Gasteiger partial charge in [-0.25, -0.2) is 4.79 Å². The number of halogens is 1. The van der Waals surface area contributed by atoms with Crippen molar-refractivity contribution in [2.75, 3.05) is 6.61 Å². The van der Waals surface area contributed by atoms with Gasteiger partial charge in [0.25, 0.3) is 0 Å². The first-order valence-electron chi connectivity index (χ1n) is 6.34. The molecule has 0 bridgehead atoms. The summed E-state index contributed by atoms with van der Waals surface area (Å²) in [4.78, 5) is 11.1. The van der Waals surface area contributed by atoms with Crippen molar-refractivity contribution in [3.05, 3.63) is 12.2 Å². The van der Waals surface area contributed by atoms with E-state index in [0.29, 0.717) is 12.2 Å². The molecular formula is C13H25IO2Si. The Balaban J connectivity index is 3.25. The SMILES string of the molecule is C=C(C)C(=O)OCCCCCCC[Si](C)(C)I. The van der Waals surface area contributed by atoms with Crippen LogP contribution in [0.15, 0.2) is 12.2 Å². The molecule has 0 rings (SSSR count). The molecule has 0 saturated heterocycles. The topological polar surface area (TPSA) is 26.3 Å². The Hall–Kier alpha value is 0.157. The summed E-state index contributed by atoms with van der Waals surface area (Å²) in [5, 5.41) is 0. The van der Waals surface area contributed by atoms with E-state index in [1.807, 2.05) is 0 Å². The van der Waals surface area contributed by atoms with Gasteiger partial charge >= 0.3 is 5.97 Å². The summed E-state index contributed by atoms with van der Waals surface area (Å²) in [6.07, 6.45) is 6.06. The van der Waals surface area contributed by atoms with E-state index in [1.54, 1.807) is 6.92 Å². The first kappa shape index (κ1) is 17.2. The molecule has 100 valence electrons. The average molecular weight is 368 g/mol. The van der Waals surface area contributed by atoms with E-state index in [1.165, 1.54) is 25.3 Å². The van der Waals surface area contributed by atoms with Gasteiger partial charge in [0.15, 0.2) is 0 Å². The molecule has 0 atom stereocenters. The predicted octanol–water partition coefficient (Wildman–Crippen LogP) is 4.70. The van der Waals surface area contributed by atoms with Crippen LogP contribution in [-0.4, -0.2) is 18.1 Å². The Morgan fingerprint density at radius 1 is 1.18 bits per heavy atom. The van der Waals surface area contributed by atoms with E-state index in [-0.39, 0.29) is 5.97 Å². The molecule has 2 nitrogen and oxygen atoms in total. The largest absolute Gasteiger partial charge is 0.462 e. The smallest absolute Gasteiger partial charge is 0.333 e. The summed E-state index contributed by atoms with van der Waals surface area (Å²) >= 11 is 2.64. The van der Waals surface area contributed by atoms with Crippen molar-refractivity contribution >= 4 is 33.3 Å². The van der Waals surface area contributed by atoms with Crippen LogP contribution >= 0.6 is 21.8 Å². The van der Waals surface area contributed by atoms with Crippen LogP contribution in [0.2, 0.25) is 19.1 Å². The molecule has 17 heavy (non-hydrogen) atoms. The van der Waals surface area contributed by atoms with Crippen molar-refractivity contribution in [1.29, 1.82) is 0 Å². The van der Waals surface area contributed by atoms with Crippen LogP contribution < -0.4 is 0 Å². The summed E-state index contributed by atoms with van der Waals surface area (Å²) in [5.74, 6) is -0.261. The molecule has 0 spiro atoms. The monoisotopic (exact) mass is 368 g/mol. The third-order valence-corrected chi connectivity index (χ3v) is 5.66. The third-order valence-electron chi connectivity index (χ3n) is 2.50. The fraction of sp³-hybridized carbons (Fsp3) is 0.769. The number of carbonyl (C=O) groups is 1. The molecule has 0 amide bonds. The van der Waals surface area contributed by atoms with Crippen LogP contribution in [0.4, 0.5) is 0 Å². The van der Waals surface area contributed by atoms with E-state index in [4.69, 9.17) is 4.74 Å². The normalized spacial score (nSPS) is 11.3. The highest BCUT2D eigenvalue weighted by Crippen LogP contribution is 2.21. The fourth-order valence-electron chi connectivity index (χ4n) is 1.47. The second-order valence-electron chi connectivity index (χ2n) is 5.15. The van der Waals surface area contributed by atoms with Crippen LogP contribution in [0.3, 0.4) is 0 Å². The Morgan fingerprint density at radius 3 is 2.24 bits per heavy atom. The molecule has 4 heteroatoms. The Labute approximate surface area is 119 Å². The van der Waals surface area contributed by atoms with E-state index in [2.05, 4.69) is 41.5 Å². The molecule has 0 unspecified atom stereocenters. The predicted molar refractivity (Wildman–Crippen MR) is 85.2 cm³/mol. The van der Waals surface area contributed by atoms with E-state index in [0.717, 1.165) is 12.8 Å². The second kappa shape index (κ2) is 9.14. The summed E-state index contributed by atoms with van der Waals surface area (Å²) in [6, 6.07) is 1.41. The lowest BCUT2D eigenvalue weighted by atomic mass is 10.2. The number of carbonyl (C=O) groups excluding carboxylic acids is 1. The molecule has 0 aliphatic heterocycles. The quantitative estimate of drug-likeness (QED) is 0.147. The van der Waals surface area contributed by atoms with Crippen LogP contribution in [0.5, 0.6) is 0 Å². The Bertz CT molecular complexity index is 246. The minimum atomic E-state index is -0.869. The lowest BCUT2D eigenvalue weighted by Gasteiger charge is -2.12. The number of hydrogen-bond acceptors (Lipinski definition) is 2. The maximum absolute atomic E-state index is 11.1. The zero-order valence-corrected chi connectivity index (χ0v) is 14.5. The van der Waals surface area contributed by atoms with E-state index in [9.17, 15) is 4.79 Å². The summed E-state index contributed by atoms with van der Waals surface area (Å²) in [6.45, 7) is 10.6. The van der Waals surface area contributed by atoms with Crippen molar-refractivity contribution < 1.29 is 9.53 Å². The van der Waals surface area contributed by atoms with E-state index >= 15 is 0 Å². The van der Waals surface area contributed by atoms with Crippen molar-refractivity contribution in [2.24, 2.45) is 0 Å². The molecule has 0 saturated carbocycles. The fourth-order valence-corrected chi connectivity index (χ4v) is 3.70. The number of rotatable bonds is 9. The molecule has 0 fully saturated rings. The summed E-state index contributed by atoms with van der Waals surface area (Å²) < 4.78 is 5.03. The highest BCUT2D eigenvalue weighted by Gasteiger charge is 2.14.